The quantitative estimate of drug-likeness (QED) is 0.730. The first-order valence-electron chi connectivity index (χ1n) is 5.72. The van der Waals surface area contributed by atoms with Crippen LogP contribution in [-0.2, 0) is 6.54 Å². The highest BCUT2D eigenvalue weighted by molar-refractivity contribution is 9.10. The summed E-state index contributed by atoms with van der Waals surface area (Å²) < 4.78 is 2.19. The number of hydrogen-bond donors (Lipinski definition) is 1. The van der Waals surface area contributed by atoms with E-state index >= 15 is 0 Å². The molecule has 1 N–H and O–H groups in total. The highest BCUT2D eigenvalue weighted by atomic mass is 79.9. The Kier molecular flexibility index (Phi) is 3.68. The minimum Gasteiger partial charge on any atom is -0.346 e. The molecular weight excluding hydrogens is 342 g/mol. The fourth-order valence-corrected chi connectivity index (χ4v) is 4.20. The molecule has 1 amide bonds. The van der Waals surface area contributed by atoms with Crippen LogP contribution < -0.4 is 5.32 Å². The Balaban J connectivity index is 1.75. The van der Waals surface area contributed by atoms with Crippen molar-refractivity contribution in [2.75, 3.05) is 0 Å². The van der Waals surface area contributed by atoms with Crippen LogP contribution in [0.5, 0.6) is 0 Å². The predicted molar refractivity (Wildman–Crippen MR) is 85.0 cm³/mol. The molecule has 0 atom stereocenters. The summed E-state index contributed by atoms with van der Waals surface area (Å²) in [4.78, 5) is 14.0. The van der Waals surface area contributed by atoms with E-state index in [4.69, 9.17) is 0 Å². The lowest BCUT2D eigenvalue weighted by molar-refractivity contribution is 0.0955. The number of fused-ring (bicyclic) bond motifs is 1. The van der Waals surface area contributed by atoms with Gasteiger partial charge in [-0.2, -0.15) is 0 Å². The lowest BCUT2D eigenvalue weighted by Crippen LogP contribution is -2.21. The summed E-state index contributed by atoms with van der Waals surface area (Å²) >= 11 is 6.62. The maximum atomic E-state index is 12.1. The molecule has 0 radical (unpaired) electrons. The van der Waals surface area contributed by atoms with Crippen LogP contribution >= 0.6 is 38.6 Å². The average Bonchev–Trinajstić information content (AvgIpc) is 3.01. The van der Waals surface area contributed by atoms with Crippen LogP contribution in [0.15, 0.2) is 46.3 Å². The first-order chi connectivity index (χ1) is 9.24. The van der Waals surface area contributed by atoms with Crippen LogP contribution in [0.2, 0.25) is 0 Å². The first kappa shape index (κ1) is 12.8. The van der Waals surface area contributed by atoms with Gasteiger partial charge in [-0.15, -0.1) is 22.7 Å². The third-order valence-corrected chi connectivity index (χ3v) is 5.79. The molecule has 19 heavy (non-hydrogen) atoms. The van der Waals surface area contributed by atoms with E-state index in [-0.39, 0.29) is 5.91 Å². The number of nitrogens with one attached hydrogen (secondary N) is 1. The molecule has 2 heterocycles. The smallest absolute Gasteiger partial charge is 0.261 e. The van der Waals surface area contributed by atoms with Crippen molar-refractivity contribution in [3.05, 3.63) is 56.0 Å². The molecule has 2 nitrogen and oxygen atoms in total. The summed E-state index contributed by atoms with van der Waals surface area (Å²) in [7, 11) is 0. The predicted octanol–water partition coefficient (Wildman–Crippen LogP) is 4.66. The SMILES string of the molecule is O=C(NCc1sccc1Br)c1cc2ccccc2s1. The molecule has 0 aliphatic rings. The summed E-state index contributed by atoms with van der Waals surface area (Å²) in [5.74, 6) is -0.0125. The fourth-order valence-electron chi connectivity index (χ4n) is 1.79. The van der Waals surface area contributed by atoms with E-state index in [1.54, 1.807) is 11.3 Å². The second-order valence-corrected chi connectivity index (χ2v) is 6.96. The van der Waals surface area contributed by atoms with Crippen molar-refractivity contribution in [3.63, 3.8) is 0 Å². The van der Waals surface area contributed by atoms with Crippen molar-refractivity contribution in [2.24, 2.45) is 0 Å². The molecule has 2 aromatic heterocycles. The second kappa shape index (κ2) is 5.45. The van der Waals surface area contributed by atoms with Gasteiger partial charge in [0.05, 0.1) is 11.4 Å². The molecule has 1 aromatic carbocycles. The average molecular weight is 352 g/mol. The Morgan fingerprint density at radius 3 is 2.84 bits per heavy atom. The number of amides is 1. The minimum atomic E-state index is -0.0125. The topological polar surface area (TPSA) is 29.1 Å². The molecule has 0 saturated carbocycles. The van der Waals surface area contributed by atoms with Gasteiger partial charge in [0.15, 0.2) is 0 Å². The Bertz CT molecular complexity index is 699. The van der Waals surface area contributed by atoms with E-state index in [1.165, 1.54) is 11.3 Å². The Morgan fingerprint density at radius 1 is 1.26 bits per heavy atom. The van der Waals surface area contributed by atoms with E-state index in [2.05, 4.69) is 21.2 Å². The molecular formula is C14H10BrNOS2. The molecule has 3 rings (SSSR count). The Hall–Kier alpha value is -1.17. The van der Waals surface area contributed by atoms with Gasteiger partial charge in [-0.25, -0.2) is 0 Å². The maximum Gasteiger partial charge on any atom is 0.261 e. The van der Waals surface area contributed by atoms with Crippen molar-refractivity contribution >= 4 is 54.6 Å². The summed E-state index contributed by atoms with van der Waals surface area (Å²) in [6.07, 6.45) is 0. The number of carbonyl (C=O) groups is 1. The van der Waals surface area contributed by atoms with Crippen molar-refractivity contribution in [3.8, 4) is 0 Å². The molecule has 0 saturated heterocycles. The summed E-state index contributed by atoms with van der Waals surface area (Å²) in [5.41, 5.74) is 0. The Labute approximate surface area is 127 Å². The minimum absolute atomic E-state index is 0.0125. The third kappa shape index (κ3) is 2.73. The van der Waals surface area contributed by atoms with E-state index in [9.17, 15) is 4.79 Å². The van der Waals surface area contributed by atoms with Crippen LogP contribution in [0.3, 0.4) is 0 Å². The highest BCUT2D eigenvalue weighted by Gasteiger charge is 2.10. The number of thiophene rings is 2. The van der Waals surface area contributed by atoms with E-state index in [0.717, 1.165) is 24.3 Å². The van der Waals surface area contributed by atoms with Gasteiger partial charge < -0.3 is 5.32 Å². The largest absolute Gasteiger partial charge is 0.346 e. The molecule has 96 valence electrons. The molecule has 0 bridgehead atoms. The number of rotatable bonds is 3. The normalized spacial score (nSPS) is 10.8. The van der Waals surface area contributed by atoms with E-state index in [0.29, 0.717) is 6.54 Å². The molecule has 5 heteroatoms. The van der Waals surface area contributed by atoms with Crippen molar-refractivity contribution in [1.29, 1.82) is 0 Å². The van der Waals surface area contributed by atoms with Gasteiger partial charge in [0.2, 0.25) is 0 Å². The summed E-state index contributed by atoms with van der Waals surface area (Å²) in [5, 5.41) is 6.08. The van der Waals surface area contributed by atoms with Crippen molar-refractivity contribution in [2.45, 2.75) is 6.54 Å². The van der Waals surface area contributed by atoms with Gasteiger partial charge in [-0.1, -0.05) is 18.2 Å². The number of carbonyl (C=O) groups excluding carboxylic acids is 1. The molecule has 0 aliphatic carbocycles. The van der Waals surface area contributed by atoms with Gasteiger partial charge >= 0.3 is 0 Å². The molecule has 0 fully saturated rings. The first-order valence-corrected chi connectivity index (χ1v) is 8.21. The van der Waals surface area contributed by atoms with Gasteiger partial charge in [-0.3, -0.25) is 4.79 Å². The van der Waals surface area contributed by atoms with Crippen LogP contribution in [0.25, 0.3) is 10.1 Å². The maximum absolute atomic E-state index is 12.1. The van der Waals surface area contributed by atoms with Crippen LogP contribution in [0, 0.1) is 0 Å². The number of benzene rings is 1. The van der Waals surface area contributed by atoms with Crippen molar-refractivity contribution < 1.29 is 4.79 Å². The van der Waals surface area contributed by atoms with Crippen LogP contribution in [0.1, 0.15) is 14.5 Å². The lowest BCUT2D eigenvalue weighted by atomic mass is 10.2. The number of hydrogen-bond acceptors (Lipinski definition) is 3. The van der Waals surface area contributed by atoms with Gasteiger partial charge in [-0.05, 0) is 44.9 Å². The monoisotopic (exact) mass is 351 g/mol. The third-order valence-electron chi connectivity index (χ3n) is 2.75. The second-order valence-electron chi connectivity index (χ2n) is 4.02. The lowest BCUT2D eigenvalue weighted by Gasteiger charge is -2.01. The molecule has 0 aliphatic heterocycles. The summed E-state index contributed by atoms with van der Waals surface area (Å²) in [6, 6.07) is 12.0. The van der Waals surface area contributed by atoms with Crippen LogP contribution in [-0.4, -0.2) is 5.91 Å². The number of halogens is 1. The Morgan fingerprint density at radius 2 is 2.11 bits per heavy atom. The summed E-state index contributed by atoms with van der Waals surface area (Å²) in [6.45, 7) is 0.561. The molecule has 3 aromatic rings. The van der Waals surface area contributed by atoms with Crippen molar-refractivity contribution in [1.82, 2.24) is 5.32 Å². The standard InChI is InChI=1S/C14H10BrNOS2/c15-10-5-6-18-13(10)8-16-14(17)12-7-9-3-1-2-4-11(9)19-12/h1-7H,8H2,(H,16,17). The van der Waals surface area contributed by atoms with E-state index in [1.807, 2.05) is 41.8 Å². The van der Waals surface area contributed by atoms with Gasteiger partial charge in [0, 0.05) is 14.0 Å². The fraction of sp³-hybridized carbons (Fsp3) is 0.0714. The van der Waals surface area contributed by atoms with Crippen LogP contribution in [0.4, 0.5) is 0 Å². The zero-order valence-corrected chi connectivity index (χ0v) is 13.1. The highest BCUT2D eigenvalue weighted by Crippen LogP contribution is 2.26. The molecule has 0 spiro atoms. The molecule has 0 unspecified atom stereocenters. The zero-order valence-electron chi connectivity index (χ0n) is 9.85. The van der Waals surface area contributed by atoms with E-state index < -0.39 is 0 Å². The van der Waals surface area contributed by atoms with Gasteiger partial charge in [0.1, 0.15) is 0 Å². The zero-order chi connectivity index (χ0) is 13.2. The van der Waals surface area contributed by atoms with Gasteiger partial charge in [0.25, 0.3) is 5.91 Å².